The quantitative estimate of drug-likeness (QED) is 0.0230. The van der Waals surface area contributed by atoms with Crippen LogP contribution in [0.4, 0.5) is 0 Å². The summed E-state index contributed by atoms with van der Waals surface area (Å²) in [5, 5.41) is 41.3. The highest BCUT2D eigenvalue weighted by molar-refractivity contribution is 7.47. The highest BCUT2D eigenvalue weighted by Crippen LogP contribution is 2.48. The van der Waals surface area contributed by atoms with Crippen LogP contribution in [0.1, 0.15) is 161 Å². The zero-order valence-electron chi connectivity index (χ0n) is 33.4. The molecule has 1 fully saturated rings. The molecule has 1 aliphatic rings. The van der Waals surface area contributed by atoms with Gasteiger partial charge in [-0.3, -0.25) is 23.2 Å². The molecule has 56 heavy (non-hydrogen) atoms. The second-order valence-electron chi connectivity index (χ2n) is 14.9. The van der Waals surface area contributed by atoms with Crippen LogP contribution in [0.3, 0.4) is 0 Å². The predicted molar refractivity (Wildman–Crippen MR) is 208 cm³/mol. The largest absolute Gasteiger partial charge is 0.472 e. The Labute approximate surface area is 333 Å². The van der Waals surface area contributed by atoms with E-state index in [-0.39, 0.29) is 12.8 Å². The Kier molecular flexibility index (Phi) is 29.3. The molecule has 0 heterocycles. The monoisotopic (exact) mass is 849 g/mol. The number of carbonyl (C=O) groups is 2. The molecule has 332 valence electrons. The Morgan fingerprint density at radius 1 is 0.554 bits per heavy atom. The molecule has 0 radical (unpaired) electrons. The van der Waals surface area contributed by atoms with Crippen LogP contribution in [0.5, 0.6) is 0 Å². The van der Waals surface area contributed by atoms with E-state index in [1.165, 1.54) is 51.4 Å². The van der Waals surface area contributed by atoms with Gasteiger partial charge >= 0.3 is 27.6 Å². The molecule has 1 aliphatic carbocycles. The van der Waals surface area contributed by atoms with Crippen molar-refractivity contribution in [3.63, 3.8) is 0 Å². The fourth-order valence-electron chi connectivity index (χ4n) is 6.51. The summed E-state index contributed by atoms with van der Waals surface area (Å²) < 4.78 is 48.9. The minimum absolute atomic E-state index is 0.0522. The lowest BCUT2D eigenvalue weighted by Crippen LogP contribution is -2.64. The SMILES string of the molecule is CCCCCCCCCCCCCCCC(=O)O[C@H](COC(=O)CCCCCCCCCCCN)COP(=O)(O)OC1C(O)[C@H](O)C(OP(=O)(O)O)[C@H](O)[C@@H]1O. The number of rotatable bonds is 35. The molecular formula is C37H73NO16P2. The smallest absolute Gasteiger partial charge is 0.462 e. The van der Waals surface area contributed by atoms with Gasteiger partial charge < -0.3 is 50.3 Å². The highest BCUT2D eigenvalue weighted by atomic mass is 31.2. The molecule has 0 aromatic carbocycles. The molecule has 17 nitrogen and oxygen atoms in total. The van der Waals surface area contributed by atoms with E-state index in [4.69, 9.17) is 34.0 Å². The summed E-state index contributed by atoms with van der Waals surface area (Å²) in [6, 6.07) is 0. The second kappa shape index (κ2) is 30.9. The molecule has 0 aromatic heterocycles. The minimum atomic E-state index is -5.30. The van der Waals surface area contributed by atoms with Crippen molar-refractivity contribution in [2.24, 2.45) is 5.73 Å². The van der Waals surface area contributed by atoms with Gasteiger partial charge in [0.2, 0.25) is 0 Å². The number of hydrogen-bond donors (Lipinski definition) is 8. The average molecular weight is 850 g/mol. The zero-order chi connectivity index (χ0) is 41.8. The summed E-state index contributed by atoms with van der Waals surface area (Å²) in [7, 11) is -10.6. The van der Waals surface area contributed by atoms with Crippen molar-refractivity contribution in [1.82, 2.24) is 0 Å². The summed E-state index contributed by atoms with van der Waals surface area (Å²) in [5.74, 6) is -1.20. The first-order valence-electron chi connectivity index (χ1n) is 20.8. The van der Waals surface area contributed by atoms with Crippen LogP contribution >= 0.6 is 15.6 Å². The normalized spacial score (nSPS) is 23.1. The number of aliphatic hydroxyl groups is 4. The third-order valence-corrected chi connectivity index (χ3v) is 11.3. The Hall–Kier alpha value is -1.04. The van der Waals surface area contributed by atoms with E-state index >= 15 is 0 Å². The van der Waals surface area contributed by atoms with Crippen molar-refractivity contribution >= 4 is 27.6 Å². The number of esters is 2. The molecule has 0 spiro atoms. The van der Waals surface area contributed by atoms with Crippen LogP contribution in [-0.2, 0) is 41.8 Å². The summed E-state index contributed by atoms with van der Waals surface area (Å²) >= 11 is 0. The van der Waals surface area contributed by atoms with Gasteiger partial charge in [0.05, 0.1) is 6.61 Å². The third-order valence-electron chi connectivity index (χ3n) is 9.78. The van der Waals surface area contributed by atoms with Crippen LogP contribution in [-0.4, -0.2) is 110 Å². The van der Waals surface area contributed by atoms with Crippen LogP contribution in [0.15, 0.2) is 0 Å². The second-order valence-corrected chi connectivity index (χ2v) is 17.5. The molecule has 0 aromatic rings. The predicted octanol–water partition coefficient (Wildman–Crippen LogP) is 5.22. The topological polar surface area (TPSA) is 282 Å². The number of carbonyl (C=O) groups excluding carboxylic acids is 2. The number of ether oxygens (including phenoxy) is 2. The Morgan fingerprint density at radius 2 is 0.929 bits per heavy atom. The van der Waals surface area contributed by atoms with Crippen molar-refractivity contribution in [2.45, 2.75) is 204 Å². The van der Waals surface area contributed by atoms with Gasteiger partial charge in [-0.25, -0.2) is 9.13 Å². The Morgan fingerprint density at radius 3 is 1.34 bits per heavy atom. The minimum Gasteiger partial charge on any atom is -0.462 e. The summed E-state index contributed by atoms with van der Waals surface area (Å²) in [5.41, 5.74) is 5.52. The van der Waals surface area contributed by atoms with E-state index in [1.54, 1.807) is 0 Å². The van der Waals surface area contributed by atoms with E-state index in [9.17, 15) is 44.0 Å². The van der Waals surface area contributed by atoms with E-state index in [0.717, 1.165) is 77.0 Å². The maximum absolute atomic E-state index is 12.9. The van der Waals surface area contributed by atoms with Gasteiger partial charge in [-0.1, -0.05) is 129 Å². The third kappa shape index (κ3) is 25.4. The molecule has 1 rings (SSSR count). The number of aliphatic hydroxyl groups excluding tert-OH is 4. The molecule has 0 aliphatic heterocycles. The van der Waals surface area contributed by atoms with Crippen LogP contribution in [0.2, 0.25) is 0 Å². The lowest BCUT2D eigenvalue weighted by molar-refractivity contribution is -0.216. The van der Waals surface area contributed by atoms with E-state index in [2.05, 4.69) is 11.4 Å². The summed E-state index contributed by atoms with van der Waals surface area (Å²) in [4.78, 5) is 53.7. The summed E-state index contributed by atoms with van der Waals surface area (Å²) in [6.45, 7) is 1.60. The molecule has 0 amide bonds. The van der Waals surface area contributed by atoms with Crippen LogP contribution in [0, 0.1) is 0 Å². The van der Waals surface area contributed by atoms with Crippen LogP contribution < -0.4 is 5.73 Å². The van der Waals surface area contributed by atoms with Crippen molar-refractivity contribution in [2.75, 3.05) is 19.8 Å². The van der Waals surface area contributed by atoms with E-state index < -0.39 is 83.5 Å². The molecule has 9 N–H and O–H groups in total. The van der Waals surface area contributed by atoms with E-state index in [1.807, 2.05) is 0 Å². The average Bonchev–Trinajstić information content (AvgIpc) is 3.14. The van der Waals surface area contributed by atoms with Gasteiger partial charge in [0.1, 0.15) is 43.2 Å². The number of nitrogens with two attached hydrogens (primary N) is 1. The Balaban J connectivity index is 2.63. The molecule has 0 saturated heterocycles. The maximum atomic E-state index is 12.9. The fourth-order valence-corrected chi connectivity index (χ4v) is 8.05. The van der Waals surface area contributed by atoms with Gasteiger partial charge in [0, 0.05) is 12.8 Å². The van der Waals surface area contributed by atoms with Crippen molar-refractivity contribution < 1.29 is 76.9 Å². The standard InChI is InChI=1S/C37H73NO16P2/c1-2-3-4-5-6-7-8-9-10-12-16-19-22-25-31(40)52-29(27-50-30(39)24-21-18-15-13-11-14-17-20-23-26-38)28-51-56(48,49)54-37-34(43)32(41)36(33(42)35(37)44)53-55(45,46)47/h29,32-37,41-44H,2-28,38H2,1H3,(H,48,49)(H2,45,46,47)/t29-,32-,33+,34+,35?,36?,37?/m1/s1. The lowest BCUT2D eigenvalue weighted by atomic mass is 9.85. The number of phosphoric ester groups is 2. The molecule has 19 heteroatoms. The first-order valence-corrected chi connectivity index (χ1v) is 23.8. The molecule has 0 bridgehead atoms. The first kappa shape index (κ1) is 53.0. The molecule has 4 unspecified atom stereocenters. The number of hydrogen-bond acceptors (Lipinski definition) is 14. The van der Waals surface area contributed by atoms with Crippen molar-refractivity contribution in [1.29, 1.82) is 0 Å². The van der Waals surface area contributed by atoms with Crippen molar-refractivity contribution in [3.8, 4) is 0 Å². The van der Waals surface area contributed by atoms with Crippen molar-refractivity contribution in [3.05, 3.63) is 0 Å². The lowest BCUT2D eigenvalue weighted by Gasteiger charge is -2.43. The zero-order valence-corrected chi connectivity index (χ0v) is 35.2. The summed E-state index contributed by atoms with van der Waals surface area (Å²) in [6.07, 6.45) is 9.08. The molecule has 1 saturated carbocycles. The van der Waals surface area contributed by atoms with Gasteiger partial charge in [0.15, 0.2) is 6.10 Å². The van der Waals surface area contributed by atoms with Gasteiger partial charge in [0.25, 0.3) is 0 Å². The fraction of sp³-hybridized carbons (Fsp3) is 0.946. The molecular weight excluding hydrogens is 776 g/mol. The van der Waals surface area contributed by atoms with Gasteiger partial charge in [-0.05, 0) is 25.8 Å². The first-order chi connectivity index (χ1) is 26.6. The maximum Gasteiger partial charge on any atom is 0.472 e. The van der Waals surface area contributed by atoms with Gasteiger partial charge in [-0.2, -0.15) is 0 Å². The molecule has 8 atom stereocenters. The number of unbranched alkanes of at least 4 members (excludes halogenated alkanes) is 20. The number of phosphoric acid groups is 2. The van der Waals surface area contributed by atoms with Gasteiger partial charge in [-0.15, -0.1) is 0 Å². The van der Waals surface area contributed by atoms with Crippen LogP contribution in [0.25, 0.3) is 0 Å². The highest BCUT2D eigenvalue weighted by Gasteiger charge is 2.54. The Bertz CT molecular complexity index is 1110. The van der Waals surface area contributed by atoms with E-state index in [0.29, 0.717) is 19.4 Å².